The van der Waals surface area contributed by atoms with Crippen molar-refractivity contribution in [3.8, 4) is 11.8 Å². The second-order valence-corrected chi connectivity index (χ2v) is 4.58. The van der Waals surface area contributed by atoms with E-state index < -0.39 is 5.91 Å². The molecule has 0 atom stereocenters. The molecule has 1 aromatic rings. The summed E-state index contributed by atoms with van der Waals surface area (Å²) in [5, 5.41) is 13.9. The molecule has 2 amide bonds. The van der Waals surface area contributed by atoms with E-state index >= 15 is 0 Å². The lowest BCUT2D eigenvalue weighted by Gasteiger charge is -2.09. The molecule has 0 spiro atoms. The average molecular weight is 289 g/mol. The molecule has 1 heterocycles. The molecule has 6 heteroatoms. The van der Waals surface area contributed by atoms with Gasteiger partial charge in [0, 0.05) is 18.7 Å². The van der Waals surface area contributed by atoms with Crippen molar-refractivity contribution in [1.82, 2.24) is 15.6 Å². The molecule has 0 aliphatic rings. The van der Waals surface area contributed by atoms with Gasteiger partial charge in [0.15, 0.2) is 0 Å². The second kappa shape index (κ2) is 8.72. The van der Waals surface area contributed by atoms with Gasteiger partial charge in [-0.3, -0.25) is 9.59 Å². The predicted octanol–water partition coefficient (Wildman–Crippen LogP) is 0.0699. The highest BCUT2D eigenvalue weighted by atomic mass is 16.2. The van der Waals surface area contributed by atoms with E-state index in [9.17, 15) is 9.59 Å². The first-order valence-electron chi connectivity index (χ1n) is 6.67. The van der Waals surface area contributed by atoms with Gasteiger partial charge in [0.25, 0.3) is 5.91 Å². The number of carbonyl (C=O) groups is 2. The lowest BCUT2D eigenvalue weighted by atomic mass is 10.2. The lowest BCUT2D eigenvalue weighted by Crippen LogP contribution is -2.40. The fourth-order valence-corrected chi connectivity index (χ4v) is 1.52. The lowest BCUT2D eigenvalue weighted by molar-refractivity contribution is -0.120. The molecule has 21 heavy (non-hydrogen) atoms. The quantitative estimate of drug-likeness (QED) is 0.669. The average Bonchev–Trinajstić information content (AvgIpc) is 2.45. The van der Waals surface area contributed by atoms with E-state index in [-0.39, 0.29) is 30.8 Å². The van der Waals surface area contributed by atoms with Gasteiger partial charge in [-0.05, 0) is 26.0 Å². The van der Waals surface area contributed by atoms with E-state index in [1.54, 1.807) is 12.1 Å². The van der Waals surface area contributed by atoms with Crippen molar-refractivity contribution in [3.05, 3.63) is 29.6 Å². The number of nitrogens with one attached hydrogen (secondary N) is 2. The Hall–Kier alpha value is -2.39. The van der Waals surface area contributed by atoms with Crippen LogP contribution >= 0.6 is 0 Å². The number of carbonyl (C=O) groups excluding carboxylic acids is 2. The summed E-state index contributed by atoms with van der Waals surface area (Å²) in [5.41, 5.74) is 0.632. The van der Waals surface area contributed by atoms with Crippen LogP contribution in [0.5, 0.6) is 0 Å². The van der Waals surface area contributed by atoms with Crippen molar-refractivity contribution in [2.75, 3.05) is 13.2 Å². The first kappa shape index (κ1) is 16.7. The Bertz CT molecular complexity index is 559. The third kappa shape index (κ3) is 6.06. The van der Waals surface area contributed by atoms with Gasteiger partial charge < -0.3 is 15.7 Å². The van der Waals surface area contributed by atoms with Crippen molar-refractivity contribution < 1.29 is 14.7 Å². The number of aliphatic hydroxyl groups is 1. The Morgan fingerprint density at radius 1 is 1.43 bits per heavy atom. The van der Waals surface area contributed by atoms with Gasteiger partial charge in [0.2, 0.25) is 5.91 Å². The monoisotopic (exact) mass is 289 g/mol. The van der Waals surface area contributed by atoms with E-state index in [4.69, 9.17) is 5.11 Å². The molecule has 1 aromatic heterocycles. The molecule has 0 fully saturated rings. The molecule has 112 valence electrons. The number of pyridine rings is 1. The summed E-state index contributed by atoms with van der Waals surface area (Å²) in [6, 6.07) is 3.36. The minimum absolute atomic E-state index is 0.0177. The first-order valence-corrected chi connectivity index (χ1v) is 6.67. The van der Waals surface area contributed by atoms with Crippen LogP contribution in [-0.2, 0) is 4.79 Å². The SMILES string of the molecule is CC(C)NC(=O)CNC(=O)c1ncccc1C#CCCO. The fraction of sp³-hybridized carbons (Fsp3) is 0.400. The van der Waals surface area contributed by atoms with E-state index in [0.717, 1.165) is 0 Å². The van der Waals surface area contributed by atoms with Crippen LogP contribution in [0.1, 0.15) is 36.3 Å². The zero-order valence-corrected chi connectivity index (χ0v) is 12.1. The molecule has 0 unspecified atom stereocenters. The van der Waals surface area contributed by atoms with Gasteiger partial charge in [-0.2, -0.15) is 0 Å². The highest BCUT2D eigenvalue weighted by Gasteiger charge is 2.12. The van der Waals surface area contributed by atoms with Gasteiger partial charge in [0.1, 0.15) is 5.69 Å². The molecule has 0 radical (unpaired) electrons. The standard InChI is InChI=1S/C15H19N3O3/c1-11(2)18-13(20)10-17-15(21)14-12(6-3-4-9-19)7-5-8-16-14/h5,7-8,11,19H,4,9-10H2,1-2H3,(H,17,21)(H,18,20). The summed E-state index contributed by atoms with van der Waals surface area (Å²) in [6.45, 7) is 3.53. The Labute approximate surface area is 124 Å². The zero-order chi connectivity index (χ0) is 15.7. The molecular weight excluding hydrogens is 270 g/mol. The van der Waals surface area contributed by atoms with E-state index in [1.807, 2.05) is 13.8 Å². The van der Waals surface area contributed by atoms with E-state index in [1.165, 1.54) is 6.20 Å². The van der Waals surface area contributed by atoms with Crippen LogP contribution in [0.3, 0.4) is 0 Å². The maximum atomic E-state index is 12.0. The smallest absolute Gasteiger partial charge is 0.271 e. The number of hydrogen-bond acceptors (Lipinski definition) is 4. The van der Waals surface area contributed by atoms with Crippen molar-refractivity contribution in [1.29, 1.82) is 0 Å². The molecule has 0 bridgehead atoms. The number of aliphatic hydroxyl groups excluding tert-OH is 1. The number of aromatic nitrogens is 1. The molecule has 0 saturated carbocycles. The van der Waals surface area contributed by atoms with Crippen LogP contribution in [0, 0.1) is 11.8 Å². The fourth-order valence-electron chi connectivity index (χ4n) is 1.52. The molecular formula is C15H19N3O3. The van der Waals surface area contributed by atoms with Crippen LogP contribution in [0.4, 0.5) is 0 Å². The van der Waals surface area contributed by atoms with E-state index in [0.29, 0.717) is 12.0 Å². The summed E-state index contributed by atoms with van der Waals surface area (Å²) < 4.78 is 0. The van der Waals surface area contributed by atoms with Gasteiger partial charge in [0.05, 0.1) is 18.7 Å². The number of nitrogens with zero attached hydrogens (tertiary/aromatic N) is 1. The van der Waals surface area contributed by atoms with Crippen LogP contribution in [0.2, 0.25) is 0 Å². The summed E-state index contributed by atoms with van der Waals surface area (Å²) in [6.07, 6.45) is 1.81. The summed E-state index contributed by atoms with van der Waals surface area (Å²) in [7, 11) is 0. The largest absolute Gasteiger partial charge is 0.395 e. The Morgan fingerprint density at radius 3 is 2.86 bits per heavy atom. The van der Waals surface area contributed by atoms with Gasteiger partial charge in [-0.15, -0.1) is 0 Å². The summed E-state index contributed by atoms with van der Waals surface area (Å²) in [5.74, 6) is 4.80. The predicted molar refractivity (Wildman–Crippen MR) is 78.4 cm³/mol. The molecule has 0 aliphatic heterocycles. The highest BCUT2D eigenvalue weighted by Crippen LogP contribution is 2.03. The van der Waals surface area contributed by atoms with Crippen LogP contribution in [0.15, 0.2) is 18.3 Å². The third-order valence-electron chi connectivity index (χ3n) is 2.34. The van der Waals surface area contributed by atoms with Crippen molar-refractivity contribution >= 4 is 11.8 Å². The topological polar surface area (TPSA) is 91.3 Å². The van der Waals surface area contributed by atoms with Crippen LogP contribution in [0.25, 0.3) is 0 Å². The Balaban J connectivity index is 2.70. The maximum absolute atomic E-state index is 12.0. The van der Waals surface area contributed by atoms with Crippen LogP contribution < -0.4 is 10.6 Å². The van der Waals surface area contributed by atoms with Crippen molar-refractivity contribution in [2.45, 2.75) is 26.3 Å². The molecule has 0 saturated heterocycles. The summed E-state index contributed by atoms with van der Waals surface area (Å²) in [4.78, 5) is 27.5. The molecule has 6 nitrogen and oxygen atoms in total. The van der Waals surface area contributed by atoms with Crippen molar-refractivity contribution in [3.63, 3.8) is 0 Å². The van der Waals surface area contributed by atoms with Crippen LogP contribution in [-0.4, -0.2) is 41.1 Å². The maximum Gasteiger partial charge on any atom is 0.271 e. The first-order chi connectivity index (χ1) is 10.0. The minimum atomic E-state index is -0.456. The number of rotatable bonds is 5. The normalized spacial score (nSPS) is 9.71. The number of amides is 2. The Morgan fingerprint density at radius 2 is 2.19 bits per heavy atom. The van der Waals surface area contributed by atoms with Gasteiger partial charge in [-0.1, -0.05) is 11.8 Å². The molecule has 3 N–H and O–H groups in total. The zero-order valence-electron chi connectivity index (χ0n) is 12.1. The highest BCUT2D eigenvalue weighted by molar-refractivity contribution is 5.96. The van der Waals surface area contributed by atoms with E-state index in [2.05, 4.69) is 27.5 Å². The molecule has 0 aliphatic carbocycles. The van der Waals surface area contributed by atoms with Crippen molar-refractivity contribution in [2.24, 2.45) is 0 Å². The third-order valence-corrected chi connectivity index (χ3v) is 2.34. The minimum Gasteiger partial charge on any atom is -0.395 e. The summed E-state index contributed by atoms with van der Waals surface area (Å²) >= 11 is 0. The van der Waals surface area contributed by atoms with Gasteiger partial charge >= 0.3 is 0 Å². The molecule has 1 rings (SSSR count). The van der Waals surface area contributed by atoms with Gasteiger partial charge in [-0.25, -0.2) is 4.98 Å². The Kier molecular flexibility index (Phi) is 6.92. The molecule has 0 aromatic carbocycles. The second-order valence-electron chi connectivity index (χ2n) is 4.58. The number of hydrogen-bond donors (Lipinski definition) is 3.